The lowest BCUT2D eigenvalue weighted by atomic mass is 9.77. The zero-order valence-corrected chi connectivity index (χ0v) is 14.9. The second kappa shape index (κ2) is 6.68. The van der Waals surface area contributed by atoms with Crippen LogP contribution in [0, 0.1) is 0 Å². The van der Waals surface area contributed by atoms with Gasteiger partial charge in [-0.2, -0.15) is 0 Å². The van der Waals surface area contributed by atoms with E-state index in [4.69, 9.17) is 0 Å². The zero-order valence-electron chi connectivity index (χ0n) is 14.1. The number of rotatable bonds is 3. The molecular weight excluding hydrogens is 302 g/mol. The van der Waals surface area contributed by atoms with Gasteiger partial charge in [0.1, 0.15) is 4.75 Å². The fourth-order valence-electron chi connectivity index (χ4n) is 3.25. The lowest BCUT2D eigenvalue weighted by Crippen LogP contribution is -2.42. The van der Waals surface area contributed by atoms with Crippen LogP contribution in [0.2, 0.25) is 0 Å². The van der Waals surface area contributed by atoms with Crippen molar-refractivity contribution < 1.29 is 4.55 Å². The highest BCUT2D eigenvalue weighted by Gasteiger charge is 2.34. The maximum absolute atomic E-state index is 12.5. The first kappa shape index (κ1) is 16.6. The van der Waals surface area contributed by atoms with E-state index in [1.54, 1.807) is 0 Å². The molecule has 0 heterocycles. The van der Waals surface area contributed by atoms with Crippen LogP contribution in [-0.2, 0) is 11.4 Å². The number of nitrogens with one attached hydrogen (secondary N) is 1. The largest absolute Gasteiger partial charge is 0.598 e. The van der Waals surface area contributed by atoms with E-state index in [1.165, 1.54) is 16.7 Å². The molecule has 2 nitrogen and oxygen atoms in total. The summed E-state index contributed by atoms with van der Waals surface area (Å²) in [6.07, 6.45) is 2.10. The van der Waals surface area contributed by atoms with Gasteiger partial charge in [-0.15, -0.1) is 4.72 Å². The minimum atomic E-state index is -1.05. The molecule has 1 aliphatic carbocycles. The zero-order chi connectivity index (χ0) is 16.4. The van der Waals surface area contributed by atoms with Crippen molar-refractivity contribution in [2.45, 2.75) is 50.3 Å². The predicted molar refractivity (Wildman–Crippen MR) is 97.7 cm³/mol. The summed E-state index contributed by atoms with van der Waals surface area (Å²) in [6.45, 7) is 6.03. The van der Waals surface area contributed by atoms with Crippen molar-refractivity contribution in [3.05, 3.63) is 71.3 Å². The van der Waals surface area contributed by atoms with Gasteiger partial charge >= 0.3 is 0 Å². The van der Waals surface area contributed by atoms with E-state index in [-0.39, 0.29) is 10.8 Å². The monoisotopic (exact) mass is 327 g/mol. The topological polar surface area (TPSA) is 35.1 Å². The van der Waals surface area contributed by atoms with Crippen molar-refractivity contribution in [1.82, 2.24) is 4.72 Å². The van der Waals surface area contributed by atoms with Gasteiger partial charge in [0.15, 0.2) is 0 Å². The van der Waals surface area contributed by atoms with Crippen molar-refractivity contribution in [3.63, 3.8) is 0 Å². The quantitative estimate of drug-likeness (QED) is 0.829. The second-order valence-electron chi connectivity index (χ2n) is 7.22. The normalized spacial score (nSPS) is 22.4. The Balaban J connectivity index is 1.89. The molecule has 3 heteroatoms. The molecule has 1 N–H and O–H groups in total. The Morgan fingerprint density at radius 1 is 0.913 bits per heavy atom. The molecule has 3 rings (SSSR count). The fraction of sp³-hybridized carbons (Fsp3) is 0.400. The van der Waals surface area contributed by atoms with Gasteiger partial charge in [-0.05, 0) is 50.3 Å². The Morgan fingerprint density at radius 3 is 2.17 bits per heavy atom. The number of fused-ring (bicyclic) bond motifs is 1. The highest BCUT2D eigenvalue weighted by atomic mass is 32.2. The SMILES string of the molecule is CC(C)(C)[S+]([O-])N[C@H]1CC[C@@H](c2ccccc2)c2ccccc21. The maximum atomic E-state index is 12.5. The molecule has 1 unspecified atom stereocenters. The average molecular weight is 327 g/mol. The second-order valence-corrected chi connectivity index (χ2v) is 9.22. The highest BCUT2D eigenvalue weighted by Crippen LogP contribution is 2.41. The maximum Gasteiger partial charge on any atom is 0.136 e. The van der Waals surface area contributed by atoms with Gasteiger partial charge in [0.05, 0.1) is 6.04 Å². The molecule has 0 radical (unpaired) electrons. The molecule has 0 saturated heterocycles. The predicted octanol–water partition coefficient (Wildman–Crippen LogP) is 4.71. The first-order chi connectivity index (χ1) is 11.0. The molecular formula is C20H25NOS. The smallest absolute Gasteiger partial charge is 0.136 e. The van der Waals surface area contributed by atoms with Crippen molar-refractivity contribution in [3.8, 4) is 0 Å². The standard InChI is InChI=1S/C20H25NOS/c1-20(2,3)23(22)21-19-14-13-16(15-9-5-4-6-10-15)17-11-7-8-12-18(17)19/h4-12,16,19,21H,13-14H2,1-3H3/t16-,19-,23?/m0/s1. The van der Waals surface area contributed by atoms with Gasteiger partial charge < -0.3 is 4.55 Å². The Kier molecular flexibility index (Phi) is 4.81. The summed E-state index contributed by atoms with van der Waals surface area (Å²) >= 11 is -1.05. The van der Waals surface area contributed by atoms with Crippen LogP contribution in [0.4, 0.5) is 0 Å². The molecule has 0 bridgehead atoms. The van der Waals surface area contributed by atoms with E-state index in [2.05, 4.69) is 59.3 Å². The van der Waals surface area contributed by atoms with Crippen LogP contribution in [-0.4, -0.2) is 9.30 Å². The van der Waals surface area contributed by atoms with Gasteiger partial charge in [-0.3, -0.25) is 0 Å². The first-order valence-corrected chi connectivity index (χ1v) is 9.43. The van der Waals surface area contributed by atoms with Crippen LogP contribution >= 0.6 is 0 Å². The molecule has 2 aromatic rings. The summed E-state index contributed by atoms with van der Waals surface area (Å²) in [5, 5.41) is 0. The van der Waals surface area contributed by atoms with Crippen LogP contribution < -0.4 is 4.72 Å². The van der Waals surface area contributed by atoms with Gasteiger partial charge in [-0.1, -0.05) is 54.6 Å². The summed E-state index contributed by atoms with van der Waals surface area (Å²) in [5.74, 6) is 0.438. The number of hydrogen-bond donors (Lipinski definition) is 1. The van der Waals surface area contributed by atoms with E-state index in [9.17, 15) is 4.55 Å². The number of hydrogen-bond acceptors (Lipinski definition) is 2. The highest BCUT2D eigenvalue weighted by molar-refractivity contribution is 7.90. The third-order valence-corrected chi connectivity index (χ3v) is 6.11. The number of benzene rings is 2. The van der Waals surface area contributed by atoms with Gasteiger partial charge in [0.25, 0.3) is 0 Å². The average Bonchev–Trinajstić information content (AvgIpc) is 2.55. The molecule has 122 valence electrons. The summed E-state index contributed by atoms with van der Waals surface area (Å²) in [4.78, 5) is 0. The Labute approximate surface area is 142 Å². The van der Waals surface area contributed by atoms with Crippen molar-refractivity contribution in [2.75, 3.05) is 0 Å². The van der Waals surface area contributed by atoms with Crippen molar-refractivity contribution in [1.29, 1.82) is 0 Å². The molecule has 3 atom stereocenters. The molecule has 23 heavy (non-hydrogen) atoms. The molecule has 0 spiro atoms. The van der Waals surface area contributed by atoms with E-state index in [1.807, 2.05) is 20.8 Å². The molecule has 0 saturated carbocycles. The molecule has 0 fully saturated rings. The Hall–Kier alpha value is -1.29. The Morgan fingerprint density at radius 2 is 1.52 bits per heavy atom. The molecule has 0 aliphatic heterocycles. The third-order valence-electron chi connectivity index (χ3n) is 4.50. The Bertz CT molecular complexity index is 650. The minimum Gasteiger partial charge on any atom is -0.598 e. The van der Waals surface area contributed by atoms with Crippen molar-refractivity contribution in [2.24, 2.45) is 0 Å². The lowest BCUT2D eigenvalue weighted by Gasteiger charge is -2.34. The van der Waals surface area contributed by atoms with E-state index < -0.39 is 11.4 Å². The molecule has 0 amide bonds. The van der Waals surface area contributed by atoms with Gasteiger partial charge in [0.2, 0.25) is 0 Å². The third kappa shape index (κ3) is 3.63. The summed E-state index contributed by atoms with van der Waals surface area (Å²) in [5.41, 5.74) is 4.04. The van der Waals surface area contributed by atoms with E-state index >= 15 is 0 Å². The summed E-state index contributed by atoms with van der Waals surface area (Å²) in [6, 6.07) is 19.5. The molecule has 2 aromatic carbocycles. The van der Waals surface area contributed by atoms with Crippen LogP contribution in [0.5, 0.6) is 0 Å². The van der Waals surface area contributed by atoms with Crippen molar-refractivity contribution >= 4 is 11.4 Å². The molecule has 1 aliphatic rings. The van der Waals surface area contributed by atoms with E-state index in [0.717, 1.165) is 12.8 Å². The van der Waals surface area contributed by atoms with Crippen LogP contribution in [0.25, 0.3) is 0 Å². The first-order valence-electron chi connectivity index (χ1n) is 8.28. The minimum absolute atomic E-state index is 0.172. The van der Waals surface area contributed by atoms with Gasteiger partial charge in [0, 0.05) is 17.3 Å². The summed E-state index contributed by atoms with van der Waals surface area (Å²) in [7, 11) is 0. The van der Waals surface area contributed by atoms with Gasteiger partial charge in [-0.25, -0.2) is 0 Å². The van der Waals surface area contributed by atoms with Crippen LogP contribution in [0.15, 0.2) is 54.6 Å². The summed E-state index contributed by atoms with van der Waals surface area (Å²) < 4.78 is 15.6. The fourth-order valence-corrected chi connectivity index (χ4v) is 4.11. The van der Waals surface area contributed by atoms with E-state index in [0.29, 0.717) is 5.92 Å². The van der Waals surface area contributed by atoms with Crippen LogP contribution in [0.3, 0.4) is 0 Å². The van der Waals surface area contributed by atoms with Crippen LogP contribution in [0.1, 0.15) is 62.3 Å². The molecule has 0 aromatic heterocycles. The lowest BCUT2D eigenvalue weighted by molar-refractivity contribution is 0.472.